The van der Waals surface area contributed by atoms with Crippen LogP contribution in [0, 0.1) is 6.92 Å². The molecule has 2 aromatic rings. The van der Waals surface area contributed by atoms with Crippen LogP contribution in [-0.2, 0) is 28.9 Å². The number of hydrogen-bond donors (Lipinski definition) is 1. The van der Waals surface area contributed by atoms with Gasteiger partial charge in [0.1, 0.15) is 17.3 Å². The van der Waals surface area contributed by atoms with Gasteiger partial charge in [-0.15, -0.1) is 0 Å². The summed E-state index contributed by atoms with van der Waals surface area (Å²) in [4.78, 5) is 63.8. The molecule has 13 nitrogen and oxygen atoms in total. The average molecular weight is 632 g/mol. The minimum atomic E-state index is -3.84. The summed E-state index contributed by atoms with van der Waals surface area (Å²) in [5.74, 6) is -1.99. The molecule has 2 heterocycles. The van der Waals surface area contributed by atoms with Crippen molar-refractivity contribution in [1.29, 1.82) is 0 Å². The van der Waals surface area contributed by atoms with Gasteiger partial charge in [-0.3, -0.25) is 14.4 Å². The Morgan fingerprint density at radius 1 is 0.977 bits per heavy atom. The van der Waals surface area contributed by atoms with Gasteiger partial charge in [0.05, 0.1) is 12.4 Å². The first kappa shape index (κ1) is 34.4. The van der Waals surface area contributed by atoms with Crippen molar-refractivity contribution in [2.75, 3.05) is 38.5 Å². The summed E-state index contributed by atoms with van der Waals surface area (Å²) in [6, 6.07) is 7.47. The molecule has 1 aliphatic heterocycles. The Hall–Kier alpha value is -4.07. The maximum Gasteiger partial charge on any atom is 0.409 e. The molecule has 0 saturated carbocycles. The van der Waals surface area contributed by atoms with Crippen molar-refractivity contribution in [2.24, 2.45) is 0 Å². The molecule has 1 saturated heterocycles. The van der Waals surface area contributed by atoms with E-state index >= 15 is 0 Å². The van der Waals surface area contributed by atoms with E-state index in [1.807, 2.05) is 0 Å². The molecule has 1 fully saturated rings. The average Bonchev–Trinajstić information content (AvgIpc) is 2.98. The first-order valence-electron chi connectivity index (χ1n) is 14.6. The molecule has 44 heavy (non-hydrogen) atoms. The van der Waals surface area contributed by atoms with Gasteiger partial charge in [0, 0.05) is 43.7 Å². The number of nitrogens with zero attached hydrogens (tertiary/aromatic N) is 4. The number of rotatable bonds is 10. The molecule has 14 heteroatoms. The highest BCUT2D eigenvalue weighted by Gasteiger charge is 2.33. The fourth-order valence-corrected chi connectivity index (χ4v) is 5.62. The Bertz CT molecular complexity index is 1470. The predicted octanol–water partition coefficient (Wildman–Crippen LogP) is 2.77. The van der Waals surface area contributed by atoms with E-state index in [-0.39, 0.29) is 73.5 Å². The zero-order valence-corrected chi connectivity index (χ0v) is 26.9. The molecule has 0 spiro atoms. The van der Waals surface area contributed by atoms with Crippen LogP contribution in [0.3, 0.4) is 0 Å². The minimum absolute atomic E-state index is 0.0418. The van der Waals surface area contributed by atoms with E-state index in [1.165, 1.54) is 23.6 Å². The van der Waals surface area contributed by atoms with Gasteiger partial charge in [0.15, 0.2) is 20.7 Å². The summed E-state index contributed by atoms with van der Waals surface area (Å²) < 4.78 is 36.3. The second-order valence-corrected chi connectivity index (χ2v) is 13.5. The van der Waals surface area contributed by atoms with Crippen LogP contribution in [0.2, 0.25) is 0 Å². The molecule has 1 atom stereocenters. The molecule has 0 bridgehead atoms. The summed E-state index contributed by atoms with van der Waals surface area (Å²) in [6.07, 6.45) is -0.710. The van der Waals surface area contributed by atoms with Crippen LogP contribution in [0.1, 0.15) is 63.5 Å². The number of sulfone groups is 1. The van der Waals surface area contributed by atoms with E-state index in [4.69, 9.17) is 9.47 Å². The monoisotopic (exact) mass is 631 g/mol. The molecule has 0 radical (unpaired) electrons. The number of esters is 1. The second-order valence-electron chi connectivity index (χ2n) is 11.3. The fourth-order valence-electron chi connectivity index (χ4n) is 4.56. The molecule has 3 amide bonds. The number of hydrogen-bond acceptors (Lipinski definition) is 10. The van der Waals surface area contributed by atoms with Crippen molar-refractivity contribution in [3.63, 3.8) is 0 Å². The van der Waals surface area contributed by atoms with Gasteiger partial charge in [-0.2, -0.15) is 0 Å². The standard InChI is InChI=1S/C30H41N5O8S/c1-7-42-29(39)35-18-16-34(17-19-35)28(38)22(14-15-23(36)43-30(4,5)6)31-26(37)24-20(3)27(44(40,41)8-2)33-25(32-24)21-12-10-9-11-13-21/h9-13,22H,7-8,14-19H2,1-6H3,(H,31,37)/t22-/m0/s1. The highest BCUT2D eigenvalue weighted by Crippen LogP contribution is 2.23. The molecular formula is C30H41N5O8S. The number of nitrogens with one attached hydrogen (secondary N) is 1. The third-order valence-electron chi connectivity index (χ3n) is 6.80. The Kier molecular flexibility index (Phi) is 11.4. The van der Waals surface area contributed by atoms with Crippen molar-refractivity contribution in [3.05, 3.63) is 41.6 Å². The molecule has 1 aliphatic rings. The molecule has 0 unspecified atom stereocenters. The number of piperazine rings is 1. The van der Waals surface area contributed by atoms with Crippen molar-refractivity contribution in [1.82, 2.24) is 25.1 Å². The number of carbonyl (C=O) groups is 4. The summed E-state index contributed by atoms with van der Waals surface area (Å²) in [7, 11) is -3.84. The summed E-state index contributed by atoms with van der Waals surface area (Å²) in [5.41, 5.74) is -0.388. The Morgan fingerprint density at radius 3 is 2.16 bits per heavy atom. The summed E-state index contributed by atoms with van der Waals surface area (Å²) in [5, 5.41) is 2.42. The zero-order valence-electron chi connectivity index (χ0n) is 26.1. The molecular weight excluding hydrogens is 590 g/mol. The van der Waals surface area contributed by atoms with Gasteiger partial charge >= 0.3 is 12.1 Å². The Morgan fingerprint density at radius 2 is 1.59 bits per heavy atom. The van der Waals surface area contributed by atoms with Gasteiger partial charge in [-0.25, -0.2) is 23.2 Å². The summed E-state index contributed by atoms with van der Waals surface area (Å²) >= 11 is 0. The molecule has 3 rings (SSSR count). The van der Waals surface area contributed by atoms with Crippen molar-refractivity contribution >= 4 is 33.7 Å². The largest absolute Gasteiger partial charge is 0.460 e. The smallest absolute Gasteiger partial charge is 0.409 e. The van der Waals surface area contributed by atoms with Crippen molar-refractivity contribution in [2.45, 2.75) is 71.1 Å². The predicted molar refractivity (Wildman–Crippen MR) is 161 cm³/mol. The van der Waals surface area contributed by atoms with Crippen molar-refractivity contribution < 1.29 is 37.1 Å². The third-order valence-corrected chi connectivity index (χ3v) is 8.55. The maximum absolute atomic E-state index is 13.7. The van der Waals surface area contributed by atoms with Gasteiger partial charge in [0.2, 0.25) is 5.91 Å². The summed E-state index contributed by atoms with van der Waals surface area (Å²) in [6.45, 7) is 10.9. The fraction of sp³-hybridized carbons (Fsp3) is 0.533. The molecule has 1 aromatic carbocycles. The van der Waals surface area contributed by atoms with E-state index in [0.29, 0.717) is 5.56 Å². The maximum atomic E-state index is 13.7. The Labute approximate surface area is 258 Å². The molecule has 0 aliphatic carbocycles. The van der Waals surface area contributed by atoms with E-state index in [0.717, 1.165) is 0 Å². The van der Waals surface area contributed by atoms with E-state index in [1.54, 1.807) is 58.0 Å². The van der Waals surface area contributed by atoms with E-state index < -0.39 is 45.4 Å². The number of benzene rings is 1. The normalized spacial score (nSPS) is 14.5. The molecule has 1 N–H and O–H groups in total. The first-order valence-corrected chi connectivity index (χ1v) is 16.2. The van der Waals surface area contributed by atoms with Gasteiger partial charge in [0.25, 0.3) is 5.91 Å². The number of amides is 3. The second kappa shape index (κ2) is 14.6. The number of aromatic nitrogens is 2. The lowest BCUT2D eigenvalue weighted by molar-refractivity contribution is -0.155. The van der Waals surface area contributed by atoms with Gasteiger partial charge in [-0.1, -0.05) is 37.3 Å². The van der Waals surface area contributed by atoms with Crippen LogP contribution >= 0.6 is 0 Å². The van der Waals surface area contributed by atoms with E-state index in [2.05, 4.69) is 15.3 Å². The highest BCUT2D eigenvalue weighted by atomic mass is 32.2. The lowest BCUT2D eigenvalue weighted by Crippen LogP contribution is -2.56. The zero-order chi connectivity index (χ0) is 32.7. The molecule has 1 aromatic heterocycles. The van der Waals surface area contributed by atoms with Crippen LogP contribution in [0.25, 0.3) is 11.4 Å². The van der Waals surface area contributed by atoms with Crippen LogP contribution < -0.4 is 5.32 Å². The van der Waals surface area contributed by atoms with Crippen LogP contribution in [0.15, 0.2) is 35.4 Å². The topological polar surface area (TPSA) is 165 Å². The first-order chi connectivity index (χ1) is 20.7. The SMILES string of the molecule is CCOC(=O)N1CCN(C(=O)[C@H](CCC(=O)OC(C)(C)C)NC(=O)c2nc(-c3ccccc3)nc(S(=O)(=O)CC)c2C)CC1. The van der Waals surface area contributed by atoms with Gasteiger partial charge < -0.3 is 24.6 Å². The minimum Gasteiger partial charge on any atom is -0.460 e. The lowest BCUT2D eigenvalue weighted by atomic mass is 10.1. The van der Waals surface area contributed by atoms with Crippen LogP contribution in [0.5, 0.6) is 0 Å². The number of ether oxygens (including phenoxy) is 2. The van der Waals surface area contributed by atoms with Gasteiger partial charge in [-0.05, 0) is 41.0 Å². The van der Waals surface area contributed by atoms with Crippen LogP contribution in [0.4, 0.5) is 4.79 Å². The van der Waals surface area contributed by atoms with Crippen molar-refractivity contribution in [3.8, 4) is 11.4 Å². The Balaban J connectivity index is 1.93. The quantitative estimate of drug-likeness (QED) is 0.304. The lowest BCUT2D eigenvalue weighted by Gasteiger charge is -2.36. The number of carbonyl (C=O) groups excluding carboxylic acids is 4. The highest BCUT2D eigenvalue weighted by molar-refractivity contribution is 7.91. The van der Waals surface area contributed by atoms with Crippen LogP contribution in [-0.4, -0.2) is 102 Å². The third kappa shape index (κ3) is 8.97. The molecule has 240 valence electrons. The van der Waals surface area contributed by atoms with E-state index in [9.17, 15) is 27.6 Å².